The molecule has 0 atom stereocenters. The first kappa shape index (κ1) is 16.8. The average Bonchev–Trinajstić information content (AvgIpc) is 2.91. The second-order valence-electron chi connectivity index (χ2n) is 5.82. The van der Waals surface area contributed by atoms with Crippen LogP contribution in [0.25, 0.3) is 5.69 Å². The molecule has 1 heterocycles. The lowest BCUT2D eigenvalue weighted by Gasteiger charge is -2.10. The Labute approximate surface area is 147 Å². The molecule has 3 aromatic rings. The summed E-state index contributed by atoms with van der Waals surface area (Å²) in [5.41, 5.74) is 4.42. The van der Waals surface area contributed by atoms with Gasteiger partial charge in [-0.15, -0.1) is 0 Å². The van der Waals surface area contributed by atoms with E-state index in [1.807, 2.05) is 73.1 Å². The maximum Gasteiger partial charge on any atom is 0.229 e. The zero-order valence-corrected chi connectivity index (χ0v) is 14.6. The Morgan fingerprint density at radius 3 is 2.48 bits per heavy atom. The molecular weight excluding hydrogens is 314 g/mol. The zero-order valence-electron chi connectivity index (χ0n) is 14.6. The lowest BCUT2D eigenvalue weighted by atomic mass is 10.1. The second-order valence-corrected chi connectivity index (χ2v) is 5.82. The van der Waals surface area contributed by atoms with Crippen LogP contribution in [0.15, 0.2) is 54.6 Å². The van der Waals surface area contributed by atoms with E-state index in [2.05, 4.69) is 10.4 Å². The molecule has 0 aliphatic heterocycles. The van der Waals surface area contributed by atoms with Crippen LogP contribution in [0.4, 0.5) is 5.69 Å². The third-order valence-corrected chi connectivity index (χ3v) is 4.16. The molecule has 0 bridgehead atoms. The zero-order chi connectivity index (χ0) is 17.8. The van der Waals surface area contributed by atoms with Gasteiger partial charge in [0.25, 0.3) is 0 Å². The third-order valence-electron chi connectivity index (χ3n) is 4.16. The molecule has 0 fully saturated rings. The minimum Gasteiger partial charge on any atom is -0.495 e. The van der Waals surface area contributed by atoms with Crippen molar-refractivity contribution < 1.29 is 9.53 Å². The van der Waals surface area contributed by atoms with E-state index in [1.54, 1.807) is 7.11 Å². The molecule has 5 heteroatoms. The Morgan fingerprint density at radius 1 is 1.08 bits per heavy atom. The van der Waals surface area contributed by atoms with Crippen LogP contribution in [0.3, 0.4) is 0 Å². The highest BCUT2D eigenvalue weighted by Crippen LogP contribution is 2.24. The largest absolute Gasteiger partial charge is 0.495 e. The molecule has 0 radical (unpaired) electrons. The number of aryl methyl sites for hydroxylation is 1. The number of aromatic nitrogens is 2. The minimum atomic E-state index is -0.0942. The summed E-state index contributed by atoms with van der Waals surface area (Å²) in [6.07, 6.45) is 0.266. The number of methoxy groups -OCH3 is 1. The molecular formula is C20H21N3O2. The molecule has 5 nitrogen and oxygen atoms in total. The number of nitrogens with one attached hydrogen (secondary N) is 1. The van der Waals surface area contributed by atoms with Gasteiger partial charge in [0, 0.05) is 11.3 Å². The number of benzene rings is 2. The molecule has 1 amide bonds. The summed E-state index contributed by atoms with van der Waals surface area (Å²) in [5.74, 6) is 0.549. The molecule has 0 saturated carbocycles. The Kier molecular flexibility index (Phi) is 4.84. The van der Waals surface area contributed by atoms with Crippen molar-refractivity contribution >= 4 is 11.6 Å². The smallest absolute Gasteiger partial charge is 0.229 e. The monoisotopic (exact) mass is 335 g/mol. The molecule has 25 heavy (non-hydrogen) atoms. The summed E-state index contributed by atoms with van der Waals surface area (Å²) < 4.78 is 7.15. The summed E-state index contributed by atoms with van der Waals surface area (Å²) in [5, 5.41) is 7.50. The lowest BCUT2D eigenvalue weighted by Crippen LogP contribution is -2.16. The molecule has 1 N–H and O–H groups in total. The highest BCUT2D eigenvalue weighted by atomic mass is 16.5. The number of anilines is 1. The minimum absolute atomic E-state index is 0.0942. The van der Waals surface area contributed by atoms with Gasteiger partial charge in [0.05, 0.1) is 30.6 Å². The summed E-state index contributed by atoms with van der Waals surface area (Å²) in [4.78, 5) is 12.5. The Morgan fingerprint density at radius 2 is 1.76 bits per heavy atom. The van der Waals surface area contributed by atoms with Crippen molar-refractivity contribution in [3.8, 4) is 11.4 Å². The SMILES string of the molecule is COc1ccccc1NC(=O)Cc1c(C)nn(-c2ccccc2)c1C. The van der Waals surface area contributed by atoms with Crippen LogP contribution in [0.5, 0.6) is 5.75 Å². The van der Waals surface area contributed by atoms with Gasteiger partial charge >= 0.3 is 0 Å². The van der Waals surface area contributed by atoms with Gasteiger partial charge in [-0.05, 0) is 38.1 Å². The van der Waals surface area contributed by atoms with Gasteiger partial charge in [-0.25, -0.2) is 4.68 Å². The predicted molar refractivity (Wildman–Crippen MR) is 98.4 cm³/mol. The van der Waals surface area contributed by atoms with Crippen molar-refractivity contribution in [3.05, 3.63) is 71.5 Å². The molecule has 128 valence electrons. The van der Waals surface area contributed by atoms with Gasteiger partial charge in [-0.2, -0.15) is 5.10 Å². The Bertz CT molecular complexity index is 885. The summed E-state index contributed by atoms with van der Waals surface area (Å²) in [6.45, 7) is 3.91. The first-order valence-corrected chi connectivity index (χ1v) is 8.13. The molecule has 0 aliphatic carbocycles. The number of para-hydroxylation sites is 3. The van der Waals surface area contributed by atoms with Crippen LogP contribution < -0.4 is 10.1 Å². The van der Waals surface area contributed by atoms with Crippen molar-refractivity contribution in [1.29, 1.82) is 0 Å². The van der Waals surface area contributed by atoms with Gasteiger partial charge in [0.2, 0.25) is 5.91 Å². The van der Waals surface area contributed by atoms with E-state index in [-0.39, 0.29) is 12.3 Å². The molecule has 0 saturated heterocycles. The molecule has 0 spiro atoms. The summed E-state index contributed by atoms with van der Waals surface area (Å²) in [7, 11) is 1.59. The number of carbonyl (C=O) groups is 1. The predicted octanol–water partition coefficient (Wildman–Crippen LogP) is 3.68. The van der Waals surface area contributed by atoms with Crippen molar-refractivity contribution in [3.63, 3.8) is 0 Å². The van der Waals surface area contributed by atoms with Crippen LogP contribution in [0.2, 0.25) is 0 Å². The average molecular weight is 335 g/mol. The maximum atomic E-state index is 12.5. The van der Waals surface area contributed by atoms with Gasteiger partial charge in [0.15, 0.2) is 0 Å². The van der Waals surface area contributed by atoms with Crippen molar-refractivity contribution in [2.24, 2.45) is 0 Å². The van der Waals surface area contributed by atoms with Crippen molar-refractivity contribution in [2.75, 3.05) is 12.4 Å². The summed E-state index contributed by atoms with van der Waals surface area (Å²) in [6, 6.07) is 17.3. The van der Waals surface area contributed by atoms with E-state index >= 15 is 0 Å². The number of hydrogen-bond acceptors (Lipinski definition) is 3. The quantitative estimate of drug-likeness (QED) is 0.774. The third kappa shape index (κ3) is 3.55. The molecule has 3 rings (SSSR count). The number of nitrogens with zero attached hydrogens (tertiary/aromatic N) is 2. The van der Waals surface area contributed by atoms with Gasteiger partial charge in [-0.1, -0.05) is 30.3 Å². The highest BCUT2D eigenvalue weighted by molar-refractivity contribution is 5.93. The van der Waals surface area contributed by atoms with Crippen LogP contribution >= 0.6 is 0 Å². The molecule has 2 aromatic carbocycles. The fraction of sp³-hybridized carbons (Fsp3) is 0.200. The van der Waals surface area contributed by atoms with E-state index in [1.165, 1.54) is 0 Å². The van der Waals surface area contributed by atoms with Gasteiger partial charge in [-0.3, -0.25) is 4.79 Å². The van der Waals surface area contributed by atoms with Crippen molar-refractivity contribution in [2.45, 2.75) is 20.3 Å². The van der Waals surface area contributed by atoms with Crippen LogP contribution in [0, 0.1) is 13.8 Å². The standard InChI is InChI=1S/C20H21N3O2/c1-14-17(15(2)23(22-14)16-9-5-4-6-10-16)13-20(24)21-18-11-7-8-12-19(18)25-3/h4-12H,13H2,1-3H3,(H,21,24). The van der Waals surface area contributed by atoms with E-state index in [0.29, 0.717) is 11.4 Å². The summed E-state index contributed by atoms with van der Waals surface area (Å²) >= 11 is 0. The second kappa shape index (κ2) is 7.21. The first-order valence-electron chi connectivity index (χ1n) is 8.13. The number of carbonyl (C=O) groups excluding carboxylic acids is 1. The number of rotatable bonds is 5. The van der Waals surface area contributed by atoms with E-state index in [4.69, 9.17) is 4.74 Å². The van der Waals surface area contributed by atoms with E-state index < -0.39 is 0 Å². The Balaban J connectivity index is 1.81. The van der Waals surface area contributed by atoms with Crippen LogP contribution in [0.1, 0.15) is 17.0 Å². The molecule has 0 unspecified atom stereocenters. The highest BCUT2D eigenvalue weighted by Gasteiger charge is 2.16. The number of hydrogen-bond donors (Lipinski definition) is 1. The molecule has 1 aromatic heterocycles. The van der Waals surface area contributed by atoms with Gasteiger partial charge < -0.3 is 10.1 Å². The first-order chi connectivity index (χ1) is 12.1. The van der Waals surface area contributed by atoms with Crippen LogP contribution in [-0.2, 0) is 11.2 Å². The topological polar surface area (TPSA) is 56.1 Å². The maximum absolute atomic E-state index is 12.5. The normalized spacial score (nSPS) is 10.5. The fourth-order valence-electron chi connectivity index (χ4n) is 2.85. The lowest BCUT2D eigenvalue weighted by molar-refractivity contribution is -0.115. The van der Waals surface area contributed by atoms with Crippen molar-refractivity contribution in [1.82, 2.24) is 9.78 Å². The molecule has 0 aliphatic rings. The van der Waals surface area contributed by atoms with E-state index in [9.17, 15) is 4.79 Å². The van der Waals surface area contributed by atoms with Gasteiger partial charge in [0.1, 0.15) is 5.75 Å². The fourth-order valence-corrected chi connectivity index (χ4v) is 2.85. The number of amides is 1. The number of ether oxygens (including phenoxy) is 1. The Hall–Kier alpha value is -3.08. The van der Waals surface area contributed by atoms with Crippen LogP contribution in [-0.4, -0.2) is 22.8 Å². The van der Waals surface area contributed by atoms with E-state index in [0.717, 1.165) is 22.6 Å².